The van der Waals surface area contributed by atoms with Crippen molar-refractivity contribution in [2.45, 2.75) is 70.6 Å². The molecule has 9 nitrogen and oxygen atoms in total. The summed E-state index contributed by atoms with van der Waals surface area (Å²) in [6.45, 7) is 4.95. The third-order valence-electron chi connectivity index (χ3n) is 6.34. The minimum Gasteiger partial charge on any atom is -0.508 e. The average Bonchev–Trinajstić information content (AvgIpc) is 2.92. The zero-order chi connectivity index (χ0) is 28.9. The highest BCUT2D eigenvalue weighted by atomic mass is 16.3. The van der Waals surface area contributed by atoms with Crippen LogP contribution in [0.4, 0.5) is 0 Å². The fraction of sp³-hybridized carbons (Fsp3) is 0.433. The summed E-state index contributed by atoms with van der Waals surface area (Å²) >= 11 is 0. The number of hydrogen-bond acceptors (Lipinski definition) is 6. The maximum absolute atomic E-state index is 13.4. The van der Waals surface area contributed by atoms with Gasteiger partial charge < -0.3 is 31.3 Å². The van der Waals surface area contributed by atoms with Gasteiger partial charge in [0.15, 0.2) is 0 Å². The quantitative estimate of drug-likeness (QED) is 0.174. The largest absolute Gasteiger partial charge is 0.508 e. The summed E-state index contributed by atoms with van der Waals surface area (Å²) in [5.41, 5.74) is 6.38. The zero-order valence-corrected chi connectivity index (χ0v) is 22.6. The van der Waals surface area contributed by atoms with Crippen molar-refractivity contribution in [3.8, 4) is 18.1 Å². The van der Waals surface area contributed by atoms with Crippen molar-refractivity contribution in [3.05, 3.63) is 64.7 Å². The minimum atomic E-state index is -1.34. The van der Waals surface area contributed by atoms with Crippen LogP contribution in [0.1, 0.15) is 82.6 Å². The molecule has 39 heavy (non-hydrogen) atoms. The summed E-state index contributed by atoms with van der Waals surface area (Å²) in [6, 6.07) is 9.39. The topological polar surface area (TPSA) is 153 Å². The Morgan fingerprint density at radius 3 is 2.15 bits per heavy atom. The number of aliphatic hydroxyl groups excluding tert-OH is 2. The number of nitrogens with one attached hydrogen (secondary N) is 1. The van der Waals surface area contributed by atoms with Gasteiger partial charge in [-0.15, -0.1) is 12.3 Å². The second-order valence-electron chi connectivity index (χ2n) is 9.56. The molecule has 0 aliphatic carbocycles. The average molecular weight is 538 g/mol. The zero-order valence-electron chi connectivity index (χ0n) is 22.6. The molecule has 6 N–H and O–H groups in total. The lowest BCUT2D eigenvalue weighted by molar-refractivity contribution is -0.00787. The number of nitrogens with two attached hydrogens (primary N) is 1. The van der Waals surface area contributed by atoms with Crippen LogP contribution < -0.4 is 11.1 Å². The van der Waals surface area contributed by atoms with E-state index in [9.17, 15) is 29.7 Å². The van der Waals surface area contributed by atoms with E-state index in [1.807, 2.05) is 13.8 Å². The first-order chi connectivity index (χ1) is 18.6. The normalized spacial score (nSPS) is 13.1. The molecule has 0 heterocycles. The Morgan fingerprint density at radius 1 is 1.00 bits per heavy atom. The summed E-state index contributed by atoms with van der Waals surface area (Å²) in [7, 11) is 0. The number of phenolic OH excluding ortho intramolecular Hbond substituents is 1. The molecule has 9 heteroatoms. The smallest absolute Gasteiger partial charge is 0.253 e. The number of terminal acetylenes is 1. The van der Waals surface area contributed by atoms with Crippen LogP contribution in [-0.4, -0.2) is 69.3 Å². The molecule has 0 fully saturated rings. The third-order valence-corrected chi connectivity index (χ3v) is 6.34. The number of amides is 3. The highest BCUT2D eigenvalue weighted by Gasteiger charge is 2.29. The molecule has 0 saturated heterocycles. The van der Waals surface area contributed by atoms with Gasteiger partial charge in [0, 0.05) is 36.2 Å². The van der Waals surface area contributed by atoms with Gasteiger partial charge in [-0.05, 0) is 68.0 Å². The summed E-state index contributed by atoms with van der Waals surface area (Å²) < 4.78 is 0. The molecule has 0 aromatic heterocycles. The van der Waals surface area contributed by atoms with Gasteiger partial charge in [0.05, 0.1) is 12.1 Å². The summed E-state index contributed by atoms with van der Waals surface area (Å²) in [5.74, 6) is 0.793. The number of unbranched alkanes of at least 4 members (excludes halogenated alkanes) is 1. The molecule has 3 amide bonds. The van der Waals surface area contributed by atoms with E-state index < -0.39 is 30.1 Å². The first-order valence-corrected chi connectivity index (χ1v) is 13.2. The molecular formula is C30H39N3O6. The number of phenols is 1. The Labute approximate surface area is 230 Å². The molecule has 3 unspecified atom stereocenters. The Kier molecular flexibility index (Phi) is 12.5. The van der Waals surface area contributed by atoms with Gasteiger partial charge >= 0.3 is 0 Å². The molecular weight excluding hydrogens is 498 g/mol. The molecule has 2 rings (SSSR count). The molecule has 0 spiro atoms. The lowest BCUT2D eigenvalue weighted by Crippen LogP contribution is -2.50. The Morgan fingerprint density at radius 2 is 1.59 bits per heavy atom. The second kappa shape index (κ2) is 15.5. The van der Waals surface area contributed by atoms with Gasteiger partial charge in [-0.3, -0.25) is 14.4 Å². The van der Waals surface area contributed by atoms with Crippen molar-refractivity contribution in [1.82, 2.24) is 10.2 Å². The maximum atomic E-state index is 13.4. The van der Waals surface area contributed by atoms with E-state index in [0.717, 1.165) is 12.8 Å². The fourth-order valence-corrected chi connectivity index (χ4v) is 4.31. The fourth-order valence-electron chi connectivity index (χ4n) is 4.31. The molecule has 210 valence electrons. The monoisotopic (exact) mass is 537 g/mol. The highest BCUT2D eigenvalue weighted by molar-refractivity contribution is 6.04. The Hall–Kier alpha value is -3.87. The summed E-state index contributed by atoms with van der Waals surface area (Å²) in [5, 5.41) is 33.9. The second-order valence-corrected chi connectivity index (χ2v) is 9.56. The van der Waals surface area contributed by atoms with Crippen LogP contribution in [-0.2, 0) is 6.42 Å². The van der Waals surface area contributed by atoms with E-state index in [0.29, 0.717) is 31.5 Å². The lowest BCUT2D eigenvalue weighted by atomic mass is 9.94. The first kappa shape index (κ1) is 31.3. The van der Waals surface area contributed by atoms with Crippen LogP contribution in [0.2, 0.25) is 0 Å². The van der Waals surface area contributed by atoms with Crippen LogP contribution in [0, 0.1) is 12.3 Å². The Bertz CT molecular complexity index is 1150. The number of rotatable bonds is 15. The SMILES string of the molecule is C#CCCCC(O)C(O)C(Cc1ccc(O)cc1)NC(=O)c1cc(C(N)=O)cc(C(=O)N(CCC)CCC)c1. The van der Waals surface area contributed by atoms with Crippen LogP contribution in [0.5, 0.6) is 5.75 Å². The van der Waals surface area contributed by atoms with Crippen LogP contribution in [0.3, 0.4) is 0 Å². The Balaban J connectivity index is 2.39. The molecule has 2 aromatic rings. The van der Waals surface area contributed by atoms with Crippen molar-refractivity contribution in [2.24, 2.45) is 5.73 Å². The van der Waals surface area contributed by atoms with Crippen LogP contribution in [0.15, 0.2) is 42.5 Å². The van der Waals surface area contributed by atoms with Crippen molar-refractivity contribution in [2.75, 3.05) is 13.1 Å². The first-order valence-electron chi connectivity index (χ1n) is 13.2. The van der Waals surface area contributed by atoms with E-state index >= 15 is 0 Å². The predicted octanol–water partition coefficient (Wildman–Crippen LogP) is 2.62. The molecule has 3 atom stereocenters. The number of hydrogen-bond donors (Lipinski definition) is 5. The van der Waals surface area contributed by atoms with Crippen LogP contribution >= 0.6 is 0 Å². The third kappa shape index (κ3) is 9.43. The molecule has 0 bridgehead atoms. The summed E-state index contributed by atoms with van der Waals surface area (Å²) in [6.07, 6.45) is 5.57. The minimum absolute atomic E-state index is 0.00361. The number of carbonyl (C=O) groups excluding carboxylic acids is 3. The number of nitrogens with zero attached hydrogens (tertiary/aromatic N) is 1. The number of benzene rings is 2. The molecule has 0 aliphatic heterocycles. The van der Waals surface area contributed by atoms with E-state index in [2.05, 4.69) is 11.2 Å². The van der Waals surface area contributed by atoms with E-state index in [1.54, 1.807) is 17.0 Å². The number of aromatic hydroxyl groups is 1. The standard InChI is InChI=1S/C30H39N3O6/c1-4-7-8-9-26(35)27(36)25(16-20-10-12-24(34)13-11-20)32-29(38)22-17-21(28(31)37)18-23(19-22)30(39)33(14-5-2)15-6-3/h1,10-13,17-19,25-27,34-36H,5-9,14-16H2,2-3H3,(H2,31,37)(H,32,38). The van der Waals surface area contributed by atoms with E-state index in [1.165, 1.54) is 30.3 Å². The van der Waals surface area contributed by atoms with Crippen LogP contribution in [0.25, 0.3) is 0 Å². The van der Waals surface area contributed by atoms with Gasteiger partial charge in [0.2, 0.25) is 5.91 Å². The van der Waals surface area contributed by atoms with Gasteiger partial charge in [-0.2, -0.15) is 0 Å². The maximum Gasteiger partial charge on any atom is 0.253 e. The summed E-state index contributed by atoms with van der Waals surface area (Å²) in [4.78, 5) is 40.3. The van der Waals surface area contributed by atoms with Gasteiger partial charge in [0.1, 0.15) is 11.9 Å². The van der Waals surface area contributed by atoms with Gasteiger partial charge in [-0.25, -0.2) is 0 Å². The molecule has 0 radical (unpaired) electrons. The molecule has 2 aromatic carbocycles. The van der Waals surface area contributed by atoms with Crippen molar-refractivity contribution in [1.29, 1.82) is 0 Å². The van der Waals surface area contributed by atoms with Crippen molar-refractivity contribution < 1.29 is 29.7 Å². The van der Waals surface area contributed by atoms with Gasteiger partial charge in [0.25, 0.3) is 11.8 Å². The van der Waals surface area contributed by atoms with Crippen molar-refractivity contribution >= 4 is 17.7 Å². The van der Waals surface area contributed by atoms with E-state index in [-0.39, 0.29) is 41.2 Å². The molecule has 0 aliphatic rings. The highest BCUT2D eigenvalue weighted by Crippen LogP contribution is 2.18. The lowest BCUT2D eigenvalue weighted by Gasteiger charge is -2.28. The number of aliphatic hydroxyl groups is 2. The van der Waals surface area contributed by atoms with Gasteiger partial charge in [-0.1, -0.05) is 26.0 Å². The predicted molar refractivity (Wildman–Crippen MR) is 149 cm³/mol. The molecule has 0 saturated carbocycles. The van der Waals surface area contributed by atoms with Crippen molar-refractivity contribution in [3.63, 3.8) is 0 Å². The van der Waals surface area contributed by atoms with E-state index in [4.69, 9.17) is 12.2 Å². The number of carbonyl (C=O) groups is 3. The number of primary amides is 1.